The van der Waals surface area contributed by atoms with Crippen LogP contribution in [0.4, 0.5) is 17.2 Å². The molecule has 0 bridgehead atoms. The molecule has 2 aromatic heterocycles. The van der Waals surface area contributed by atoms with E-state index in [2.05, 4.69) is 27.7 Å². The second-order valence-electron chi connectivity index (χ2n) is 5.37. The van der Waals surface area contributed by atoms with Crippen LogP contribution in [0.5, 0.6) is 0 Å². The number of anilines is 3. The van der Waals surface area contributed by atoms with E-state index in [4.69, 9.17) is 4.52 Å². The number of carbonyl (C=O) groups is 1. The lowest BCUT2D eigenvalue weighted by atomic mass is 10.1. The molecule has 1 aromatic carbocycles. The Kier molecular flexibility index (Phi) is 4.56. The number of para-hydroxylation sites is 1. The van der Waals surface area contributed by atoms with E-state index in [1.54, 1.807) is 18.3 Å². The maximum Gasteiger partial charge on any atom is 0.257 e. The van der Waals surface area contributed by atoms with Crippen LogP contribution in [0.2, 0.25) is 0 Å². The number of aryl methyl sites for hydroxylation is 2. The number of amides is 1. The molecule has 1 amide bonds. The van der Waals surface area contributed by atoms with Crippen molar-refractivity contribution in [2.75, 3.05) is 10.6 Å². The number of carbonyl (C=O) groups excluding carboxylic acids is 1. The highest BCUT2D eigenvalue weighted by atomic mass is 16.5. The third-order valence-electron chi connectivity index (χ3n) is 3.55. The van der Waals surface area contributed by atoms with E-state index in [1.165, 1.54) is 6.20 Å². The van der Waals surface area contributed by atoms with Gasteiger partial charge >= 0.3 is 0 Å². The molecule has 0 atom stereocenters. The van der Waals surface area contributed by atoms with Gasteiger partial charge in [-0.05, 0) is 31.0 Å². The summed E-state index contributed by atoms with van der Waals surface area (Å²) in [4.78, 5) is 16.6. The first-order valence-electron chi connectivity index (χ1n) is 7.70. The summed E-state index contributed by atoms with van der Waals surface area (Å²) in [7, 11) is 0. The van der Waals surface area contributed by atoms with Crippen LogP contribution in [0.3, 0.4) is 0 Å². The third kappa shape index (κ3) is 3.60. The second-order valence-corrected chi connectivity index (χ2v) is 5.37. The zero-order valence-corrected chi connectivity index (χ0v) is 13.5. The minimum atomic E-state index is -0.205. The van der Waals surface area contributed by atoms with Crippen molar-refractivity contribution in [3.05, 3.63) is 65.7 Å². The van der Waals surface area contributed by atoms with E-state index in [1.807, 2.05) is 31.2 Å². The van der Waals surface area contributed by atoms with Crippen LogP contribution in [-0.2, 0) is 6.42 Å². The number of nitrogens with one attached hydrogen (secondary N) is 2. The molecule has 6 nitrogen and oxygen atoms in total. The molecule has 3 aromatic rings. The van der Waals surface area contributed by atoms with Gasteiger partial charge in [-0.3, -0.25) is 9.78 Å². The molecule has 0 aliphatic rings. The molecule has 0 saturated carbocycles. The number of pyridine rings is 1. The van der Waals surface area contributed by atoms with Crippen LogP contribution in [0, 0.1) is 6.92 Å². The van der Waals surface area contributed by atoms with Gasteiger partial charge in [0.25, 0.3) is 5.91 Å². The minimum absolute atomic E-state index is 0.205. The zero-order chi connectivity index (χ0) is 16.9. The van der Waals surface area contributed by atoms with E-state index >= 15 is 0 Å². The molecule has 0 spiro atoms. The first-order valence-corrected chi connectivity index (χ1v) is 7.70. The van der Waals surface area contributed by atoms with Gasteiger partial charge < -0.3 is 15.2 Å². The minimum Gasteiger partial charge on any atom is -0.360 e. The smallest absolute Gasteiger partial charge is 0.257 e. The highest BCUT2D eigenvalue weighted by Crippen LogP contribution is 2.19. The van der Waals surface area contributed by atoms with Crippen LogP contribution in [-0.4, -0.2) is 16.0 Å². The van der Waals surface area contributed by atoms with Crippen molar-refractivity contribution in [1.29, 1.82) is 0 Å². The molecule has 0 aliphatic carbocycles. The van der Waals surface area contributed by atoms with Gasteiger partial charge in [0.15, 0.2) is 5.82 Å². The van der Waals surface area contributed by atoms with Crippen LogP contribution < -0.4 is 10.6 Å². The molecular weight excluding hydrogens is 304 g/mol. The topological polar surface area (TPSA) is 80.0 Å². The fourth-order valence-corrected chi connectivity index (χ4v) is 2.35. The number of benzene rings is 1. The Morgan fingerprint density at radius 3 is 2.79 bits per heavy atom. The SMILES string of the molecule is CCc1ccccc1NC(=O)c1cncc(Nc2cc(C)on2)c1. The number of hydrogen-bond donors (Lipinski definition) is 2. The van der Waals surface area contributed by atoms with Crippen molar-refractivity contribution in [1.82, 2.24) is 10.1 Å². The summed E-state index contributed by atoms with van der Waals surface area (Å²) in [5, 5.41) is 9.85. The number of rotatable bonds is 5. The predicted octanol–water partition coefficient (Wildman–Crippen LogP) is 3.94. The molecule has 0 radical (unpaired) electrons. The Morgan fingerprint density at radius 1 is 1.21 bits per heavy atom. The van der Waals surface area contributed by atoms with E-state index in [0.29, 0.717) is 22.8 Å². The molecule has 6 heteroatoms. The summed E-state index contributed by atoms with van der Waals surface area (Å²) in [6.45, 7) is 3.86. The van der Waals surface area contributed by atoms with Crippen molar-refractivity contribution < 1.29 is 9.32 Å². The van der Waals surface area contributed by atoms with Gasteiger partial charge in [-0.15, -0.1) is 0 Å². The average Bonchev–Trinajstić information content (AvgIpc) is 3.00. The third-order valence-corrected chi connectivity index (χ3v) is 3.55. The highest BCUT2D eigenvalue weighted by Gasteiger charge is 2.10. The van der Waals surface area contributed by atoms with Gasteiger partial charge in [-0.2, -0.15) is 0 Å². The van der Waals surface area contributed by atoms with Crippen molar-refractivity contribution in [2.45, 2.75) is 20.3 Å². The van der Waals surface area contributed by atoms with E-state index < -0.39 is 0 Å². The molecule has 24 heavy (non-hydrogen) atoms. The lowest BCUT2D eigenvalue weighted by Crippen LogP contribution is -2.13. The Labute approximate surface area is 139 Å². The number of nitrogens with zero attached hydrogens (tertiary/aromatic N) is 2. The van der Waals surface area contributed by atoms with Crippen molar-refractivity contribution >= 4 is 23.1 Å². The van der Waals surface area contributed by atoms with Crippen LogP contribution in [0.25, 0.3) is 0 Å². The Bertz CT molecular complexity index is 857. The standard InChI is InChI=1S/C18H18N4O2/c1-3-13-6-4-5-7-16(13)21-18(23)14-9-15(11-19-10-14)20-17-8-12(2)24-22-17/h4-11H,3H2,1-2H3,(H,20,22)(H,21,23). The lowest BCUT2D eigenvalue weighted by Gasteiger charge is -2.10. The lowest BCUT2D eigenvalue weighted by molar-refractivity contribution is 0.102. The highest BCUT2D eigenvalue weighted by molar-refractivity contribution is 6.05. The molecule has 2 heterocycles. The largest absolute Gasteiger partial charge is 0.360 e. The van der Waals surface area contributed by atoms with Gasteiger partial charge in [0.2, 0.25) is 0 Å². The summed E-state index contributed by atoms with van der Waals surface area (Å²) < 4.78 is 5.01. The Hall–Kier alpha value is -3.15. The van der Waals surface area contributed by atoms with E-state index in [0.717, 1.165) is 17.7 Å². The fourth-order valence-electron chi connectivity index (χ4n) is 2.35. The number of hydrogen-bond acceptors (Lipinski definition) is 5. The Balaban J connectivity index is 1.76. The molecule has 0 aliphatic heterocycles. The van der Waals surface area contributed by atoms with E-state index in [9.17, 15) is 4.79 Å². The molecule has 122 valence electrons. The van der Waals surface area contributed by atoms with Crippen molar-refractivity contribution in [3.8, 4) is 0 Å². The second kappa shape index (κ2) is 6.95. The van der Waals surface area contributed by atoms with Crippen LogP contribution >= 0.6 is 0 Å². The summed E-state index contributed by atoms with van der Waals surface area (Å²) in [6.07, 6.45) is 4.01. The summed E-state index contributed by atoms with van der Waals surface area (Å²) in [6, 6.07) is 11.2. The summed E-state index contributed by atoms with van der Waals surface area (Å²) >= 11 is 0. The number of aromatic nitrogens is 2. The molecule has 0 unspecified atom stereocenters. The maximum atomic E-state index is 12.5. The average molecular weight is 322 g/mol. The first-order chi connectivity index (χ1) is 11.7. The molecule has 0 fully saturated rings. The zero-order valence-electron chi connectivity index (χ0n) is 13.5. The van der Waals surface area contributed by atoms with E-state index in [-0.39, 0.29) is 5.91 Å². The van der Waals surface area contributed by atoms with Crippen molar-refractivity contribution in [3.63, 3.8) is 0 Å². The van der Waals surface area contributed by atoms with Gasteiger partial charge in [-0.25, -0.2) is 0 Å². The molecular formula is C18H18N4O2. The quantitative estimate of drug-likeness (QED) is 0.744. The normalized spacial score (nSPS) is 10.4. The first kappa shape index (κ1) is 15.7. The molecule has 2 N–H and O–H groups in total. The van der Waals surface area contributed by atoms with Gasteiger partial charge in [0.1, 0.15) is 5.76 Å². The Morgan fingerprint density at radius 2 is 2.04 bits per heavy atom. The fraction of sp³-hybridized carbons (Fsp3) is 0.167. The summed E-state index contributed by atoms with van der Waals surface area (Å²) in [5.41, 5.74) is 3.03. The van der Waals surface area contributed by atoms with Gasteiger partial charge in [-0.1, -0.05) is 30.3 Å². The van der Waals surface area contributed by atoms with Gasteiger partial charge in [0.05, 0.1) is 17.4 Å². The molecule has 3 rings (SSSR count). The predicted molar refractivity (Wildman–Crippen MR) is 92.5 cm³/mol. The van der Waals surface area contributed by atoms with Crippen LogP contribution in [0.15, 0.2) is 53.3 Å². The maximum absolute atomic E-state index is 12.5. The summed E-state index contributed by atoms with van der Waals surface area (Å²) in [5.74, 6) is 1.07. The monoisotopic (exact) mass is 322 g/mol. The van der Waals surface area contributed by atoms with Crippen LogP contribution in [0.1, 0.15) is 28.6 Å². The molecule has 0 saturated heterocycles. The van der Waals surface area contributed by atoms with Gasteiger partial charge in [0, 0.05) is 18.0 Å². The van der Waals surface area contributed by atoms with Crippen molar-refractivity contribution in [2.24, 2.45) is 0 Å².